The van der Waals surface area contributed by atoms with Crippen LogP contribution in [0.1, 0.15) is 43.5 Å². The van der Waals surface area contributed by atoms with E-state index in [1.165, 1.54) is 33.7 Å². The van der Waals surface area contributed by atoms with Crippen LogP contribution in [0.3, 0.4) is 0 Å². The fourth-order valence-corrected chi connectivity index (χ4v) is 5.58. The molecule has 1 aromatic carbocycles. The third kappa shape index (κ3) is 5.19. The lowest BCUT2D eigenvalue weighted by atomic mass is 10.0. The largest absolute Gasteiger partial charge is 0.355 e. The summed E-state index contributed by atoms with van der Waals surface area (Å²) in [6.07, 6.45) is 3.05. The topological polar surface area (TPSA) is 84.2 Å². The summed E-state index contributed by atoms with van der Waals surface area (Å²) in [5.41, 5.74) is 1.11. The Kier molecular flexibility index (Phi) is 7.92. The van der Waals surface area contributed by atoms with E-state index in [4.69, 9.17) is 0 Å². The molecule has 222 valence electrons. The number of aryl methyl sites for hydroxylation is 1. The third-order valence-electron chi connectivity index (χ3n) is 7.65. The standard InChI is InChI=1S/C32H31F3N6O2/c1-7-21-9-8-10-23(34)25(21)27-24(35)15-22-29(40-14-13-39(16-19(40)5)31(42)20(6)33)38-32(43)41(30(22)37-27)28-18(4)11-12-36-26(28)17(2)3/h7-12,15,17,19H,1,6,13-14,16H2,2-5H3/t19-/m0/s1. The predicted octanol–water partition coefficient (Wildman–Crippen LogP) is 5.72. The van der Waals surface area contributed by atoms with Gasteiger partial charge in [0.2, 0.25) is 0 Å². The van der Waals surface area contributed by atoms with Gasteiger partial charge in [-0.15, -0.1) is 0 Å². The van der Waals surface area contributed by atoms with Gasteiger partial charge < -0.3 is 9.80 Å². The van der Waals surface area contributed by atoms with Crippen molar-refractivity contribution in [2.24, 2.45) is 0 Å². The monoisotopic (exact) mass is 588 g/mol. The lowest BCUT2D eigenvalue weighted by Crippen LogP contribution is -2.54. The zero-order valence-electron chi connectivity index (χ0n) is 24.4. The van der Waals surface area contributed by atoms with E-state index in [2.05, 4.69) is 28.1 Å². The molecule has 1 amide bonds. The first-order chi connectivity index (χ1) is 20.4. The molecule has 0 N–H and O–H groups in total. The van der Waals surface area contributed by atoms with E-state index in [0.717, 1.165) is 0 Å². The summed E-state index contributed by atoms with van der Waals surface area (Å²) in [5, 5.41) is 0.205. The van der Waals surface area contributed by atoms with Crippen LogP contribution in [0.2, 0.25) is 0 Å². The Hall–Kier alpha value is -4.80. The summed E-state index contributed by atoms with van der Waals surface area (Å²) in [6, 6.07) is 6.82. The van der Waals surface area contributed by atoms with Gasteiger partial charge in [0.15, 0.2) is 17.3 Å². The second kappa shape index (κ2) is 11.5. The molecular formula is C32H31F3N6O2. The molecule has 0 saturated carbocycles. The van der Waals surface area contributed by atoms with Crippen LogP contribution in [-0.2, 0) is 4.79 Å². The molecule has 4 heterocycles. The molecule has 4 aromatic rings. The van der Waals surface area contributed by atoms with Crippen molar-refractivity contribution in [3.8, 4) is 16.9 Å². The zero-order valence-corrected chi connectivity index (χ0v) is 24.4. The summed E-state index contributed by atoms with van der Waals surface area (Å²) in [4.78, 5) is 42.8. The van der Waals surface area contributed by atoms with Crippen molar-refractivity contribution < 1.29 is 18.0 Å². The summed E-state index contributed by atoms with van der Waals surface area (Å²) in [7, 11) is 0. The average molecular weight is 589 g/mol. The number of carbonyl (C=O) groups excluding carboxylic acids is 1. The van der Waals surface area contributed by atoms with E-state index in [1.807, 2.05) is 20.8 Å². The summed E-state index contributed by atoms with van der Waals surface area (Å²) in [6.45, 7) is 14.7. The highest BCUT2D eigenvalue weighted by molar-refractivity contribution is 5.92. The van der Waals surface area contributed by atoms with Gasteiger partial charge in [-0.05, 0) is 49.1 Å². The third-order valence-corrected chi connectivity index (χ3v) is 7.65. The van der Waals surface area contributed by atoms with Crippen LogP contribution in [0.5, 0.6) is 0 Å². The number of pyridine rings is 2. The van der Waals surface area contributed by atoms with Crippen LogP contribution in [0.25, 0.3) is 34.1 Å². The van der Waals surface area contributed by atoms with Crippen LogP contribution in [0.15, 0.2) is 60.3 Å². The second-order valence-corrected chi connectivity index (χ2v) is 10.9. The number of aromatic nitrogens is 4. The molecule has 0 radical (unpaired) electrons. The normalized spacial score (nSPS) is 15.3. The van der Waals surface area contributed by atoms with Crippen LogP contribution in [0.4, 0.5) is 19.0 Å². The molecule has 1 saturated heterocycles. The number of anilines is 1. The van der Waals surface area contributed by atoms with Gasteiger partial charge in [-0.2, -0.15) is 4.98 Å². The molecule has 5 rings (SSSR count). The quantitative estimate of drug-likeness (QED) is 0.268. The van der Waals surface area contributed by atoms with Crippen molar-refractivity contribution in [1.82, 2.24) is 24.4 Å². The summed E-state index contributed by atoms with van der Waals surface area (Å²) < 4.78 is 46.1. The first-order valence-electron chi connectivity index (χ1n) is 13.8. The molecule has 11 heteroatoms. The number of benzene rings is 1. The van der Waals surface area contributed by atoms with Gasteiger partial charge in [-0.3, -0.25) is 9.78 Å². The number of fused-ring (bicyclic) bond motifs is 1. The van der Waals surface area contributed by atoms with Gasteiger partial charge in [-0.1, -0.05) is 45.2 Å². The predicted molar refractivity (Wildman–Crippen MR) is 161 cm³/mol. The Morgan fingerprint density at radius 3 is 2.53 bits per heavy atom. The van der Waals surface area contributed by atoms with Crippen molar-refractivity contribution in [3.05, 3.63) is 94.5 Å². The number of halogens is 3. The fraction of sp³-hybridized carbons (Fsp3) is 0.281. The molecule has 1 aliphatic rings. The van der Waals surface area contributed by atoms with Gasteiger partial charge in [-0.25, -0.2) is 27.5 Å². The van der Waals surface area contributed by atoms with E-state index in [0.29, 0.717) is 22.5 Å². The van der Waals surface area contributed by atoms with E-state index >= 15 is 8.78 Å². The molecule has 43 heavy (non-hydrogen) atoms. The molecular weight excluding hydrogens is 557 g/mol. The lowest BCUT2D eigenvalue weighted by Gasteiger charge is -2.40. The molecule has 3 aromatic heterocycles. The Balaban J connectivity index is 1.82. The molecule has 0 bridgehead atoms. The first kappa shape index (κ1) is 29.7. The molecule has 1 atom stereocenters. The van der Waals surface area contributed by atoms with E-state index in [-0.39, 0.29) is 53.7 Å². The van der Waals surface area contributed by atoms with Crippen LogP contribution < -0.4 is 10.6 Å². The van der Waals surface area contributed by atoms with E-state index in [9.17, 15) is 14.0 Å². The van der Waals surface area contributed by atoms with E-state index in [1.54, 1.807) is 30.2 Å². The van der Waals surface area contributed by atoms with Crippen LogP contribution in [0, 0.1) is 18.6 Å². The van der Waals surface area contributed by atoms with Crippen molar-refractivity contribution in [2.45, 2.75) is 39.7 Å². The second-order valence-electron chi connectivity index (χ2n) is 10.9. The number of piperazine rings is 1. The Labute approximate surface area is 246 Å². The van der Waals surface area contributed by atoms with Gasteiger partial charge in [0.25, 0.3) is 5.91 Å². The van der Waals surface area contributed by atoms with Gasteiger partial charge in [0, 0.05) is 37.4 Å². The molecule has 0 unspecified atom stereocenters. The van der Waals surface area contributed by atoms with Gasteiger partial charge >= 0.3 is 5.69 Å². The summed E-state index contributed by atoms with van der Waals surface area (Å²) >= 11 is 0. The first-order valence-corrected chi connectivity index (χ1v) is 13.8. The molecule has 8 nitrogen and oxygen atoms in total. The van der Waals surface area contributed by atoms with E-state index < -0.39 is 35.1 Å². The number of hydrogen-bond donors (Lipinski definition) is 0. The highest BCUT2D eigenvalue weighted by Gasteiger charge is 2.32. The molecule has 0 spiro atoms. The number of amides is 1. The zero-order chi connectivity index (χ0) is 31.2. The maximum atomic E-state index is 16.0. The Morgan fingerprint density at radius 1 is 1.14 bits per heavy atom. The number of rotatable bonds is 6. The van der Waals surface area contributed by atoms with Crippen molar-refractivity contribution in [2.75, 3.05) is 24.5 Å². The molecule has 0 aliphatic carbocycles. The number of hydrogen-bond acceptors (Lipinski definition) is 6. The minimum absolute atomic E-state index is 0.0607. The SMILES string of the molecule is C=Cc1cccc(F)c1-c1nc2c(cc1F)c(N1CCN(C(=O)C(=C)F)C[C@@H]1C)nc(=O)n2-c1c(C)ccnc1C(C)C. The Bertz CT molecular complexity index is 1850. The van der Waals surface area contributed by atoms with Gasteiger partial charge in [0.1, 0.15) is 17.3 Å². The lowest BCUT2D eigenvalue weighted by molar-refractivity contribution is -0.129. The van der Waals surface area contributed by atoms with Crippen LogP contribution >= 0.6 is 0 Å². The molecule has 1 aliphatic heterocycles. The minimum Gasteiger partial charge on any atom is -0.350 e. The summed E-state index contributed by atoms with van der Waals surface area (Å²) in [5.74, 6) is -3.34. The maximum Gasteiger partial charge on any atom is 0.355 e. The van der Waals surface area contributed by atoms with Crippen LogP contribution in [-0.4, -0.2) is 56.0 Å². The number of carbonyl (C=O) groups is 1. The minimum atomic E-state index is -1.06. The van der Waals surface area contributed by atoms with Crippen molar-refractivity contribution in [3.63, 3.8) is 0 Å². The highest BCUT2D eigenvalue weighted by atomic mass is 19.1. The van der Waals surface area contributed by atoms with Gasteiger partial charge in [0.05, 0.1) is 16.8 Å². The maximum absolute atomic E-state index is 16.0. The smallest absolute Gasteiger partial charge is 0.350 e. The fourth-order valence-electron chi connectivity index (χ4n) is 5.58. The molecule has 1 fully saturated rings. The number of nitrogens with zero attached hydrogens (tertiary/aromatic N) is 6. The average Bonchev–Trinajstić information content (AvgIpc) is 2.96. The Morgan fingerprint density at radius 2 is 1.88 bits per heavy atom. The van der Waals surface area contributed by atoms with Crippen molar-refractivity contribution >= 4 is 28.8 Å². The highest BCUT2D eigenvalue weighted by Crippen LogP contribution is 2.35. The van der Waals surface area contributed by atoms with Crippen molar-refractivity contribution in [1.29, 1.82) is 0 Å².